The molecule has 1 N–H and O–H groups in total. The number of fused-ring (bicyclic) bond motifs is 2. The number of benzene rings is 2. The Morgan fingerprint density at radius 1 is 0.705 bits per heavy atom. The van der Waals surface area contributed by atoms with Crippen LogP contribution >= 0.6 is 0 Å². The van der Waals surface area contributed by atoms with Gasteiger partial charge in [-0.3, -0.25) is 9.59 Å². The molecule has 4 fully saturated rings. The van der Waals surface area contributed by atoms with Crippen molar-refractivity contribution in [3.05, 3.63) is 79.1 Å². The molecule has 4 saturated heterocycles. The minimum atomic E-state index is -0.646. The average molecular weight is 845 g/mol. The van der Waals surface area contributed by atoms with E-state index in [-0.39, 0.29) is 40.1 Å². The van der Waals surface area contributed by atoms with Gasteiger partial charge < -0.3 is 52.5 Å². The number of rotatable bonds is 6. The summed E-state index contributed by atoms with van der Waals surface area (Å²) in [4.78, 5) is 69.2. The zero-order valence-electron chi connectivity index (χ0n) is 36.0. The minimum Gasteiger partial charge on any atom is -0.465 e. The van der Waals surface area contributed by atoms with Crippen LogP contribution in [0.25, 0.3) is 21.9 Å². The maximum atomic E-state index is 13.2. The molecule has 4 aliphatic rings. The molecule has 1 amide bonds. The van der Waals surface area contributed by atoms with E-state index in [0.29, 0.717) is 91.8 Å². The number of hydrogen-bond donors (Lipinski definition) is 1. The average Bonchev–Trinajstić information content (AvgIpc) is 3.96. The number of nitrogens with one attached hydrogen (secondary N) is 1. The normalized spacial score (nSPS) is 21.9. The van der Waals surface area contributed by atoms with E-state index in [1.165, 1.54) is 32.4 Å². The second kappa shape index (κ2) is 18.3. The molecule has 0 aliphatic carbocycles. The monoisotopic (exact) mass is 844 g/mol. The van der Waals surface area contributed by atoms with Crippen molar-refractivity contribution < 1.29 is 46.9 Å². The predicted molar refractivity (Wildman–Crippen MR) is 228 cm³/mol. The fourth-order valence-electron chi connectivity index (χ4n) is 8.45. The van der Waals surface area contributed by atoms with Crippen LogP contribution in [0.1, 0.15) is 104 Å². The molecule has 4 aromatic rings. The number of carbonyl (C=O) groups is 3. The summed E-state index contributed by atoms with van der Waals surface area (Å²) in [5.41, 5.74) is 1.90. The molecule has 4 atom stereocenters. The van der Waals surface area contributed by atoms with E-state index in [0.717, 1.165) is 31.4 Å². The lowest BCUT2D eigenvalue weighted by Crippen LogP contribution is -2.41. The molecule has 2 unspecified atom stereocenters. The van der Waals surface area contributed by atoms with E-state index >= 15 is 0 Å². The lowest BCUT2D eigenvalue weighted by atomic mass is 9.98. The van der Waals surface area contributed by atoms with Crippen molar-refractivity contribution in [3.63, 3.8) is 0 Å². The molecule has 8 rings (SSSR count). The maximum absolute atomic E-state index is 13.2. The first-order chi connectivity index (χ1) is 29.1. The standard InChI is InChI=1S/C25H32N2O7.C20H24N2O5/c1-15-14-26(9-10-32-15)21-13-20(28)18-12-16(23(29)31-5)11-17(22(18)33-21)19-7-6-8-27(19)24(30)34-25(2,3)4;1-12-11-22(6-7-26-12)18-10-17(23)15-9-13(20(24)25-2)8-14(19(15)27-18)16-4-3-5-21-16/h11-13,15,19H,6-10,14H2,1-5H3;8-10,12,16,21H,3-7,11H2,1-2H3/t15-,19?;12-,16?/m11/s1. The van der Waals surface area contributed by atoms with E-state index in [4.69, 9.17) is 32.5 Å². The second-order valence-corrected chi connectivity index (χ2v) is 17.0. The topological polar surface area (TPSA) is 180 Å². The summed E-state index contributed by atoms with van der Waals surface area (Å²) in [5.74, 6) is -0.0219. The fraction of sp³-hybridized carbons (Fsp3) is 0.533. The van der Waals surface area contributed by atoms with Crippen molar-refractivity contribution in [1.82, 2.24) is 10.2 Å². The Kier molecular flexibility index (Phi) is 13.1. The molecule has 2 aromatic carbocycles. The van der Waals surface area contributed by atoms with E-state index in [1.807, 2.05) is 44.4 Å². The van der Waals surface area contributed by atoms with Gasteiger partial charge in [-0.1, -0.05) is 0 Å². The number of ether oxygens (including phenoxy) is 5. The molecule has 4 aliphatic heterocycles. The predicted octanol–water partition coefficient (Wildman–Crippen LogP) is 6.11. The van der Waals surface area contributed by atoms with Crippen LogP contribution in [0, 0.1) is 0 Å². The molecular weight excluding hydrogens is 789 g/mol. The fourth-order valence-corrected chi connectivity index (χ4v) is 8.45. The Morgan fingerprint density at radius 3 is 1.70 bits per heavy atom. The summed E-state index contributed by atoms with van der Waals surface area (Å²) in [6.45, 7) is 14.5. The van der Waals surface area contributed by atoms with Crippen LogP contribution in [0.3, 0.4) is 0 Å². The number of carbonyl (C=O) groups excluding carboxylic acids is 3. The number of hydrogen-bond acceptors (Lipinski definition) is 15. The summed E-state index contributed by atoms with van der Waals surface area (Å²) < 4.78 is 39.1. The molecule has 0 saturated carbocycles. The highest BCUT2D eigenvalue weighted by Gasteiger charge is 2.36. The molecule has 0 bridgehead atoms. The largest absolute Gasteiger partial charge is 0.465 e. The lowest BCUT2D eigenvalue weighted by Gasteiger charge is -2.32. The van der Waals surface area contributed by atoms with Crippen molar-refractivity contribution in [2.24, 2.45) is 0 Å². The van der Waals surface area contributed by atoms with E-state index in [9.17, 15) is 24.0 Å². The lowest BCUT2D eigenvalue weighted by molar-refractivity contribution is 0.0224. The summed E-state index contributed by atoms with van der Waals surface area (Å²) in [6.07, 6.45) is 3.04. The summed E-state index contributed by atoms with van der Waals surface area (Å²) >= 11 is 0. The maximum Gasteiger partial charge on any atom is 0.410 e. The highest BCUT2D eigenvalue weighted by molar-refractivity contribution is 5.96. The van der Waals surface area contributed by atoms with Gasteiger partial charge in [0.25, 0.3) is 0 Å². The first-order valence-corrected chi connectivity index (χ1v) is 21.0. The summed E-state index contributed by atoms with van der Waals surface area (Å²) in [6, 6.07) is 9.12. The van der Waals surface area contributed by atoms with Crippen molar-refractivity contribution in [2.75, 3.05) is 76.5 Å². The van der Waals surface area contributed by atoms with Crippen molar-refractivity contribution in [2.45, 2.75) is 90.2 Å². The van der Waals surface area contributed by atoms with E-state index < -0.39 is 29.7 Å². The van der Waals surface area contributed by atoms with Crippen LogP contribution in [0.5, 0.6) is 0 Å². The molecule has 2 aromatic heterocycles. The van der Waals surface area contributed by atoms with Gasteiger partial charge in [-0.05, 0) is 91.1 Å². The Bertz CT molecular complexity index is 2400. The van der Waals surface area contributed by atoms with Gasteiger partial charge in [0, 0.05) is 62.0 Å². The van der Waals surface area contributed by atoms with Crippen LogP contribution in [0.15, 0.2) is 54.8 Å². The summed E-state index contributed by atoms with van der Waals surface area (Å²) in [7, 11) is 2.63. The molecule has 16 heteroatoms. The Balaban J connectivity index is 0.000000189. The second-order valence-electron chi connectivity index (χ2n) is 17.0. The third-order valence-corrected chi connectivity index (χ3v) is 11.3. The van der Waals surface area contributed by atoms with Gasteiger partial charge in [-0.2, -0.15) is 0 Å². The first-order valence-electron chi connectivity index (χ1n) is 21.0. The molecule has 61 heavy (non-hydrogen) atoms. The number of esters is 2. The number of anilines is 2. The molecule has 328 valence electrons. The van der Waals surface area contributed by atoms with E-state index in [2.05, 4.69) is 5.32 Å². The quantitative estimate of drug-likeness (QED) is 0.174. The smallest absolute Gasteiger partial charge is 0.410 e. The third-order valence-electron chi connectivity index (χ3n) is 11.3. The van der Waals surface area contributed by atoms with Crippen molar-refractivity contribution >= 4 is 51.7 Å². The molecule has 6 heterocycles. The number of morpholine rings is 2. The molecular formula is C45H56N4O12. The van der Waals surface area contributed by atoms with Gasteiger partial charge in [0.15, 0.2) is 22.6 Å². The van der Waals surface area contributed by atoms with Crippen molar-refractivity contribution in [3.8, 4) is 0 Å². The van der Waals surface area contributed by atoms with Gasteiger partial charge in [-0.25, -0.2) is 14.4 Å². The van der Waals surface area contributed by atoms with Gasteiger partial charge in [0.2, 0.25) is 0 Å². The number of methoxy groups -OCH3 is 2. The van der Waals surface area contributed by atoms with Gasteiger partial charge in [0.1, 0.15) is 16.8 Å². The zero-order valence-corrected chi connectivity index (χ0v) is 36.0. The highest BCUT2D eigenvalue weighted by atomic mass is 16.6. The highest BCUT2D eigenvalue weighted by Crippen LogP contribution is 2.39. The SMILES string of the molecule is COC(=O)c1cc(C2CCCN2)c2oc(N3CCO[C@H](C)C3)cc(=O)c2c1.COC(=O)c1cc(C2CCCN2C(=O)OC(C)(C)C)c2oc(N3CCO[C@H](C)C3)cc(=O)c2c1. The van der Waals surface area contributed by atoms with E-state index in [1.54, 1.807) is 23.1 Å². The number of likely N-dealkylation sites (tertiary alicyclic amines) is 1. The van der Waals surface area contributed by atoms with Crippen molar-refractivity contribution in [1.29, 1.82) is 0 Å². The Morgan fingerprint density at radius 2 is 1.23 bits per heavy atom. The summed E-state index contributed by atoms with van der Waals surface area (Å²) in [5, 5.41) is 4.11. The Hall–Kier alpha value is -5.45. The minimum absolute atomic E-state index is 0.00779. The molecule has 0 radical (unpaired) electrons. The molecule has 16 nitrogen and oxygen atoms in total. The zero-order chi connectivity index (χ0) is 43.6. The Labute approximate surface area is 354 Å². The third kappa shape index (κ3) is 9.71. The number of nitrogens with zero attached hydrogens (tertiary/aromatic N) is 3. The van der Waals surface area contributed by atoms with Gasteiger partial charge in [-0.15, -0.1) is 0 Å². The van der Waals surface area contributed by atoms with Crippen LogP contribution in [-0.4, -0.2) is 107 Å². The van der Waals surface area contributed by atoms with Crippen LogP contribution in [0.4, 0.5) is 16.6 Å². The van der Waals surface area contributed by atoms with Crippen LogP contribution < -0.4 is 26.0 Å². The van der Waals surface area contributed by atoms with Crippen LogP contribution in [-0.2, 0) is 23.7 Å². The van der Waals surface area contributed by atoms with Gasteiger partial charge in [0.05, 0.1) is 67.6 Å². The van der Waals surface area contributed by atoms with Gasteiger partial charge >= 0.3 is 18.0 Å². The van der Waals surface area contributed by atoms with Crippen LogP contribution in [0.2, 0.25) is 0 Å². The first kappa shape index (κ1) is 43.6. The number of amides is 1. The molecule has 0 spiro atoms.